The highest BCUT2D eigenvalue weighted by Crippen LogP contribution is 2.34. The van der Waals surface area contributed by atoms with Gasteiger partial charge in [0.05, 0.1) is 11.1 Å². The fraction of sp³-hybridized carbons (Fsp3) is 0.385. The second-order valence-corrected chi connectivity index (χ2v) is 5.12. The molecule has 0 atom stereocenters. The summed E-state index contributed by atoms with van der Waals surface area (Å²) in [6, 6.07) is 4.24. The lowest BCUT2D eigenvalue weighted by Crippen LogP contribution is -2.22. The largest absolute Gasteiger partial charge is 0.493 e. The Labute approximate surface area is 121 Å². The van der Waals surface area contributed by atoms with Gasteiger partial charge in [-0.2, -0.15) is 0 Å². The smallest absolute Gasteiger partial charge is 0.135 e. The van der Waals surface area contributed by atoms with Crippen molar-refractivity contribution in [3.8, 4) is 5.75 Å². The maximum absolute atomic E-state index is 5.59. The van der Waals surface area contributed by atoms with E-state index < -0.39 is 0 Å². The predicted molar refractivity (Wildman–Crippen MR) is 79.8 cm³/mol. The van der Waals surface area contributed by atoms with Crippen molar-refractivity contribution in [1.29, 1.82) is 0 Å². The lowest BCUT2D eigenvalue weighted by molar-refractivity contribution is 0.338. The molecule has 18 heavy (non-hydrogen) atoms. The Bertz CT molecular complexity index is 568. The predicted octanol–water partition coefficient (Wildman–Crippen LogP) is 3.40. The summed E-state index contributed by atoms with van der Waals surface area (Å²) < 4.78 is 6.62. The fourth-order valence-corrected chi connectivity index (χ4v) is 2.87. The van der Waals surface area contributed by atoms with Gasteiger partial charge in [0.1, 0.15) is 5.75 Å². The average Bonchev–Trinajstić information content (AvgIpc) is 2.68. The lowest BCUT2D eigenvalue weighted by atomic mass is 10.1. The number of halogens is 2. The van der Waals surface area contributed by atoms with E-state index in [4.69, 9.17) is 4.74 Å². The normalized spacial score (nSPS) is 14.1. The number of benzene rings is 1. The van der Waals surface area contributed by atoms with E-state index in [1.807, 2.05) is 6.92 Å². The molecular weight excluding hydrogens is 316 g/mol. The van der Waals surface area contributed by atoms with Crippen LogP contribution in [0.1, 0.15) is 18.2 Å². The number of rotatable bonds is 2. The van der Waals surface area contributed by atoms with Crippen LogP contribution >= 0.6 is 28.3 Å². The molecule has 3 nitrogen and oxygen atoms in total. The first-order chi connectivity index (χ1) is 8.29. The molecule has 2 aromatic rings. The third-order valence-corrected chi connectivity index (χ3v) is 3.82. The molecule has 98 valence electrons. The summed E-state index contributed by atoms with van der Waals surface area (Å²) in [5, 5.41) is 4.71. The van der Waals surface area contributed by atoms with Crippen LogP contribution in [-0.2, 0) is 13.0 Å². The Morgan fingerprint density at radius 2 is 2.22 bits per heavy atom. The van der Waals surface area contributed by atoms with Gasteiger partial charge in [-0.15, -0.1) is 12.4 Å². The summed E-state index contributed by atoms with van der Waals surface area (Å²) in [7, 11) is 0. The maximum Gasteiger partial charge on any atom is 0.135 e. The van der Waals surface area contributed by atoms with Crippen molar-refractivity contribution in [2.45, 2.75) is 19.9 Å². The van der Waals surface area contributed by atoms with Gasteiger partial charge in [-0.25, -0.2) is 0 Å². The van der Waals surface area contributed by atoms with Crippen LogP contribution in [-0.4, -0.2) is 18.1 Å². The summed E-state index contributed by atoms with van der Waals surface area (Å²) in [6.45, 7) is 4.70. The van der Waals surface area contributed by atoms with Crippen molar-refractivity contribution >= 4 is 39.2 Å². The molecular formula is C13H16BrClN2O. The first-order valence-electron chi connectivity index (χ1n) is 5.96. The fourth-order valence-electron chi connectivity index (χ4n) is 2.42. The molecule has 0 radical (unpaired) electrons. The molecule has 2 N–H and O–H groups in total. The van der Waals surface area contributed by atoms with Crippen LogP contribution in [0, 0.1) is 0 Å². The van der Waals surface area contributed by atoms with E-state index in [1.54, 1.807) is 0 Å². The zero-order valence-electron chi connectivity index (χ0n) is 10.2. The van der Waals surface area contributed by atoms with Gasteiger partial charge in [-0.05, 0) is 34.5 Å². The molecule has 1 aromatic heterocycles. The Hall–Kier alpha value is -0.710. The van der Waals surface area contributed by atoms with Crippen molar-refractivity contribution in [3.05, 3.63) is 27.9 Å². The van der Waals surface area contributed by atoms with E-state index >= 15 is 0 Å². The van der Waals surface area contributed by atoms with E-state index in [0.29, 0.717) is 6.61 Å². The van der Waals surface area contributed by atoms with Crippen molar-refractivity contribution in [2.75, 3.05) is 13.2 Å². The van der Waals surface area contributed by atoms with Crippen molar-refractivity contribution < 1.29 is 4.74 Å². The Morgan fingerprint density at radius 1 is 1.39 bits per heavy atom. The van der Waals surface area contributed by atoms with E-state index in [-0.39, 0.29) is 12.4 Å². The molecule has 1 aliphatic rings. The number of hydrogen-bond donors (Lipinski definition) is 2. The number of ether oxygens (including phenoxy) is 1. The molecule has 0 fully saturated rings. The van der Waals surface area contributed by atoms with Crippen molar-refractivity contribution in [1.82, 2.24) is 10.3 Å². The Morgan fingerprint density at radius 3 is 3.00 bits per heavy atom. The van der Waals surface area contributed by atoms with Crippen LogP contribution in [0.3, 0.4) is 0 Å². The van der Waals surface area contributed by atoms with Gasteiger partial charge in [0.25, 0.3) is 0 Å². The standard InChI is InChI=1S/C13H15BrN2O.ClH/c1-2-17-13-6-12-8(5-10(13)14)9-7-15-4-3-11(9)16-12;/h5-6,15-16H,2-4,7H2,1H3;1H. The van der Waals surface area contributed by atoms with Gasteiger partial charge in [-0.1, -0.05) is 0 Å². The minimum absolute atomic E-state index is 0. The van der Waals surface area contributed by atoms with Crippen LogP contribution in [0.5, 0.6) is 5.75 Å². The molecule has 0 aliphatic carbocycles. The quantitative estimate of drug-likeness (QED) is 0.885. The van der Waals surface area contributed by atoms with Crippen molar-refractivity contribution in [3.63, 3.8) is 0 Å². The van der Waals surface area contributed by atoms with Gasteiger partial charge in [0.2, 0.25) is 0 Å². The average molecular weight is 332 g/mol. The topological polar surface area (TPSA) is 37.0 Å². The molecule has 0 amide bonds. The van der Waals surface area contributed by atoms with Gasteiger partial charge < -0.3 is 15.0 Å². The minimum atomic E-state index is 0. The number of H-pyrrole nitrogens is 1. The third-order valence-electron chi connectivity index (χ3n) is 3.20. The second kappa shape index (κ2) is 5.51. The summed E-state index contributed by atoms with van der Waals surface area (Å²) >= 11 is 3.57. The molecule has 0 saturated heterocycles. The van der Waals surface area contributed by atoms with E-state index in [9.17, 15) is 0 Å². The van der Waals surface area contributed by atoms with E-state index in [1.165, 1.54) is 22.2 Å². The number of fused-ring (bicyclic) bond motifs is 3. The Kier molecular flexibility index (Phi) is 4.20. The summed E-state index contributed by atoms with van der Waals surface area (Å²) in [5.41, 5.74) is 3.93. The van der Waals surface area contributed by atoms with E-state index in [0.717, 1.165) is 29.7 Å². The molecule has 0 bridgehead atoms. The highest BCUT2D eigenvalue weighted by Gasteiger charge is 2.16. The molecule has 1 aromatic carbocycles. The SMILES string of the molecule is CCOc1cc2[nH]c3c(c2cc1Br)CNCC3.Cl. The van der Waals surface area contributed by atoms with Gasteiger partial charge in [0, 0.05) is 42.2 Å². The van der Waals surface area contributed by atoms with Gasteiger partial charge in [0.15, 0.2) is 0 Å². The molecule has 2 heterocycles. The zero-order chi connectivity index (χ0) is 11.8. The first kappa shape index (κ1) is 13.7. The minimum Gasteiger partial charge on any atom is -0.493 e. The number of hydrogen-bond acceptors (Lipinski definition) is 2. The molecule has 0 unspecified atom stereocenters. The number of aromatic amines is 1. The highest BCUT2D eigenvalue weighted by atomic mass is 79.9. The summed E-state index contributed by atoms with van der Waals surface area (Å²) in [6.07, 6.45) is 1.08. The molecule has 0 saturated carbocycles. The summed E-state index contributed by atoms with van der Waals surface area (Å²) in [4.78, 5) is 3.50. The first-order valence-corrected chi connectivity index (χ1v) is 6.75. The summed E-state index contributed by atoms with van der Waals surface area (Å²) in [5.74, 6) is 0.909. The Balaban J connectivity index is 0.00000120. The van der Waals surface area contributed by atoms with Crippen LogP contribution in [0.25, 0.3) is 10.9 Å². The molecule has 1 aliphatic heterocycles. The van der Waals surface area contributed by atoms with Crippen LogP contribution in [0.15, 0.2) is 16.6 Å². The van der Waals surface area contributed by atoms with Crippen LogP contribution < -0.4 is 10.1 Å². The van der Waals surface area contributed by atoms with E-state index in [2.05, 4.69) is 38.4 Å². The molecule has 3 rings (SSSR count). The number of aromatic nitrogens is 1. The van der Waals surface area contributed by atoms with Gasteiger partial charge >= 0.3 is 0 Å². The molecule has 0 spiro atoms. The maximum atomic E-state index is 5.59. The lowest BCUT2D eigenvalue weighted by Gasteiger charge is -2.12. The van der Waals surface area contributed by atoms with Crippen LogP contribution in [0.2, 0.25) is 0 Å². The monoisotopic (exact) mass is 330 g/mol. The van der Waals surface area contributed by atoms with Crippen molar-refractivity contribution in [2.24, 2.45) is 0 Å². The van der Waals surface area contributed by atoms with Crippen LogP contribution in [0.4, 0.5) is 0 Å². The zero-order valence-corrected chi connectivity index (χ0v) is 12.6. The number of nitrogens with one attached hydrogen (secondary N) is 2. The molecule has 5 heteroatoms. The second-order valence-electron chi connectivity index (χ2n) is 4.27. The highest BCUT2D eigenvalue weighted by molar-refractivity contribution is 9.10. The van der Waals surface area contributed by atoms with Gasteiger partial charge in [-0.3, -0.25) is 0 Å². The third kappa shape index (κ3) is 2.25.